The molecule has 0 spiro atoms. The predicted molar refractivity (Wildman–Crippen MR) is 81.5 cm³/mol. The standard InChI is InChI=1S/C14H13Br2FN2/c1-18-14(13-5-2-10(15)8-19-13)7-9-6-11(17)3-4-12(9)16/h2-6,8,14,18H,7H2,1H3. The first-order valence-corrected chi connectivity index (χ1v) is 7.41. The van der Waals surface area contributed by atoms with Gasteiger partial charge in [-0.25, -0.2) is 4.39 Å². The minimum absolute atomic E-state index is 0.0474. The first-order chi connectivity index (χ1) is 9.10. The van der Waals surface area contributed by atoms with Crippen LogP contribution in [0.25, 0.3) is 0 Å². The van der Waals surface area contributed by atoms with Crippen molar-refractivity contribution in [3.8, 4) is 0 Å². The van der Waals surface area contributed by atoms with Crippen molar-refractivity contribution >= 4 is 31.9 Å². The number of nitrogens with one attached hydrogen (secondary N) is 1. The van der Waals surface area contributed by atoms with Gasteiger partial charge in [0, 0.05) is 15.1 Å². The lowest BCUT2D eigenvalue weighted by Gasteiger charge is -2.16. The van der Waals surface area contributed by atoms with Gasteiger partial charge in [0.05, 0.1) is 11.7 Å². The SMILES string of the molecule is CNC(Cc1cc(F)ccc1Br)c1ccc(Br)cn1. The Hall–Kier alpha value is -0.780. The van der Waals surface area contributed by atoms with E-state index < -0.39 is 0 Å². The lowest BCUT2D eigenvalue weighted by molar-refractivity contribution is 0.569. The van der Waals surface area contributed by atoms with Crippen molar-refractivity contribution in [1.29, 1.82) is 0 Å². The first kappa shape index (κ1) is 14.6. The highest BCUT2D eigenvalue weighted by atomic mass is 79.9. The summed E-state index contributed by atoms with van der Waals surface area (Å²) in [4.78, 5) is 4.38. The molecule has 0 fully saturated rings. The summed E-state index contributed by atoms with van der Waals surface area (Å²) < 4.78 is 15.1. The van der Waals surface area contributed by atoms with E-state index in [9.17, 15) is 4.39 Å². The van der Waals surface area contributed by atoms with Crippen LogP contribution in [0.15, 0.2) is 45.5 Å². The highest BCUT2D eigenvalue weighted by molar-refractivity contribution is 9.10. The third-order valence-corrected chi connectivity index (χ3v) is 4.13. The highest BCUT2D eigenvalue weighted by Crippen LogP contribution is 2.24. The molecule has 1 N–H and O–H groups in total. The molecule has 2 rings (SSSR count). The summed E-state index contributed by atoms with van der Waals surface area (Å²) in [6.45, 7) is 0. The van der Waals surface area contributed by atoms with Crippen molar-refractivity contribution in [2.24, 2.45) is 0 Å². The van der Waals surface area contributed by atoms with Gasteiger partial charge < -0.3 is 5.32 Å². The molecule has 19 heavy (non-hydrogen) atoms. The fourth-order valence-electron chi connectivity index (χ4n) is 1.87. The molecule has 0 bridgehead atoms. The van der Waals surface area contributed by atoms with Crippen molar-refractivity contribution in [3.63, 3.8) is 0 Å². The van der Waals surface area contributed by atoms with E-state index in [0.717, 1.165) is 20.2 Å². The molecule has 1 unspecified atom stereocenters. The molecule has 1 aromatic heterocycles. The molecular weight excluding hydrogens is 375 g/mol. The number of rotatable bonds is 4. The molecule has 0 radical (unpaired) electrons. The maximum absolute atomic E-state index is 13.3. The summed E-state index contributed by atoms with van der Waals surface area (Å²) in [5.74, 6) is -0.225. The van der Waals surface area contributed by atoms with E-state index in [4.69, 9.17) is 0 Å². The molecule has 0 aliphatic heterocycles. The van der Waals surface area contributed by atoms with Crippen LogP contribution in [0.3, 0.4) is 0 Å². The number of aromatic nitrogens is 1. The van der Waals surface area contributed by atoms with Crippen LogP contribution in [-0.4, -0.2) is 12.0 Å². The highest BCUT2D eigenvalue weighted by Gasteiger charge is 2.13. The van der Waals surface area contributed by atoms with Gasteiger partial charge in [-0.05, 0) is 65.3 Å². The van der Waals surface area contributed by atoms with Gasteiger partial charge in [-0.15, -0.1) is 0 Å². The molecule has 2 aromatic rings. The number of halogens is 3. The maximum atomic E-state index is 13.3. The molecule has 5 heteroatoms. The summed E-state index contributed by atoms with van der Waals surface area (Å²) in [7, 11) is 1.88. The third kappa shape index (κ3) is 3.84. The molecule has 0 aliphatic carbocycles. The Morgan fingerprint density at radius 3 is 2.68 bits per heavy atom. The predicted octanol–water partition coefficient (Wildman–Crippen LogP) is 4.25. The lowest BCUT2D eigenvalue weighted by Crippen LogP contribution is -2.20. The zero-order valence-electron chi connectivity index (χ0n) is 10.3. The molecule has 0 saturated carbocycles. The monoisotopic (exact) mass is 386 g/mol. The largest absolute Gasteiger partial charge is 0.311 e. The Balaban J connectivity index is 2.23. The number of hydrogen-bond donors (Lipinski definition) is 1. The van der Waals surface area contributed by atoms with Gasteiger partial charge in [-0.1, -0.05) is 15.9 Å². The summed E-state index contributed by atoms with van der Waals surface area (Å²) in [6, 6.07) is 8.68. The van der Waals surface area contributed by atoms with Crippen LogP contribution < -0.4 is 5.32 Å². The Kier molecular flexibility index (Phi) is 5.07. The zero-order chi connectivity index (χ0) is 13.8. The van der Waals surface area contributed by atoms with E-state index >= 15 is 0 Å². The molecule has 2 nitrogen and oxygen atoms in total. The Bertz CT molecular complexity index is 558. The molecule has 0 aliphatic rings. The van der Waals surface area contributed by atoms with Crippen molar-refractivity contribution in [2.75, 3.05) is 7.05 Å². The van der Waals surface area contributed by atoms with Crippen molar-refractivity contribution < 1.29 is 4.39 Å². The molecule has 0 saturated heterocycles. The van der Waals surface area contributed by atoms with Crippen molar-refractivity contribution in [1.82, 2.24) is 10.3 Å². The Morgan fingerprint density at radius 1 is 1.26 bits per heavy atom. The van der Waals surface area contributed by atoms with Crippen LogP contribution in [0.2, 0.25) is 0 Å². The van der Waals surface area contributed by atoms with E-state index in [1.54, 1.807) is 18.3 Å². The lowest BCUT2D eigenvalue weighted by atomic mass is 10.0. The number of hydrogen-bond acceptors (Lipinski definition) is 2. The zero-order valence-corrected chi connectivity index (χ0v) is 13.5. The molecule has 100 valence electrons. The van der Waals surface area contributed by atoms with E-state index in [0.29, 0.717) is 6.42 Å². The summed E-state index contributed by atoms with van der Waals surface area (Å²) in [5.41, 5.74) is 1.85. The first-order valence-electron chi connectivity index (χ1n) is 5.83. The molecular formula is C14H13Br2FN2. The molecule has 0 amide bonds. The van der Waals surface area contributed by atoms with E-state index in [-0.39, 0.29) is 11.9 Å². The van der Waals surface area contributed by atoms with Crippen molar-refractivity contribution in [2.45, 2.75) is 12.5 Å². The van der Waals surface area contributed by atoms with E-state index in [2.05, 4.69) is 42.2 Å². The number of pyridine rings is 1. The second-order valence-electron chi connectivity index (χ2n) is 4.18. The smallest absolute Gasteiger partial charge is 0.123 e. The number of benzene rings is 1. The van der Waals surface area contributed by atoms with Crippen molar-refractivity contribution in [3.05, 3.63) is 62.5 Å². The van der Waals surface area contributed by atoms with E-state index in [1.807, 2.05) is 19.2 Å². The number of likely N-dealkylation sites (N-methyl/N-ethyl adjacent to an activating group) is 1. The van der Waals surface area contributed by atoms with E-state index in [1.165, 1.54) is 6.07 Å². The molecule has 1 atom stereocenters. The van der Waals surface area contributed by atoms with Gasteiger partial charge in [0.2, 0.25) is 0 Å². The van der Waals surface area contributed by atoms with Crippen LogP contribution in [0.1, 0.15) is 17.3 Å². The second kappa shape index (κ2) is 6.59. The van der Waals surface area contributed by atoms with Gasteiger partial charge in [0.15, 0.2) is 0 Å². The fourth-order valence-corrected chi connectivity index (χ4v) is 2.51. The van der Waals surface area contributed by atoms with Gasteiger partial charge in [-0.3, -0.25) is 4.98 Å². The van der Waals surface area contributed by atoms with Gasteiger partial charge in [0.1, 0.15) is 5.82 Å². The third-order valence-electron chi connectivity index (χ3n) is 2.89. The maximum Gasteiger partial charge on any atom is 0.123 e. The molecule has 1 aromatic carbocycles. The van der Waals surface area contributed by atoms with Crippen LogP contribution in [0.4, 0.5) is 4.39 Å². The van der Waals surface area contributed by atoms with Gasteiger partial charge in [0.25, 0.3) is 0 Å². The normalized spacial score (nSPS) is 12.4. The summed E-state index contributed by atoms with van der Waals surface area (Å²) >= 11 is 6.81. The van der Waals surface area contributed by atoms with Crippen LogP contribution >= 0.6 is 31.9 Å². The van der Waals surface area contributed by atoms with Gasteiger partial charge in [-0.2, -0.15) is 0 Å². The quantitative estimate of drug-likeness (QED) is 0.848. The van der Waals surface area contributed by atoms with Crippen LogP contribution in [-0.2, 0) is 6.42 Å². The minimum atomic E-state index is -0.225. The number of nitrogens with zero attached hydrogens (tertiary/aromatic N) is 1. The van der Waals surface area contributed by atoms with Gasteiger partial charge >= 0.3 is 0 Å². The van der Waals surface area contributed by atoms with Crippen LogP contribution in [0.5, 0.6) is 0 Å². The summed E-state index contributed by atoms with van der Waals surface area (Å²) in [6.07, 6.45) is 2.43. The fraction of sp³-hybridized carbons (Fsp3) is 0.214. The minimum Gasteiger partial charge on any atom is -0.311 e. The average Bonchev–Trinajstić information content (AvgIpc) is 2.41. The Labute approximate surface area is 128 Å². The second-order valence-corrected chi connectivity index (χ2v) is 5.95. The topological polar surface area (TPSA) is 24.9 Å². The summed E-state index contributed by atoms with van der Waals surface area (Å²) in [5, 5.41) is 3.21. The average molecular weight is 388 g/mol. The van der Waals surface area contributed by atoms with Crippen LogP contribution in [0, 0.1) is 5.82 Å². The Morgan fingerprint density at radius 2 is 2.05 bits per heavy atom. The molecule has 1 heterocycles.